The van der Waals surface area contributed by atoms with Crippen molar-refractivity contribution in [1.82, 2.24) is 4.90 Å². The van der Waals surface area contributed by atoms with Gasteiger partial charge in [-0.25, -0.2) is 0 Å². The SMILES string of the molecule is CN1CC(C)(C(O)(c2ccc(OC(F)(F)F)cc2)c2cccc(OC3CCOCC3)c2)C1. The van der Waals surface area contributed by atoms with Crippen molar-refractivity contribution in [3.63, 3.8) is 0 Å². The van der Waals surface area contributed by atoms with Gasteiger partial charge in [0.15, 0.2) is 0 Å². The summed E-state index contributed by atoms with van der Waals surface area (Å²) in [5.74, 6) is 0.331. The molecular weight excluding hydrogens is 423 g/mol. The van der Waals surface area contributed by atoms with Gasteiger partial charge in [0, 0.05) is 31.3 Å². The molecule has 2 fully saturated rings. The van der Waals surface area contributed by atoms with Crippen LogP contribution in [-0.2, 0) is 10.3 Å². The summed E-state index contributed by atoms with van der Waals surface area (Å²) in [6, 6.07) is 12.8. The predicted octanol–water partition coefficient (Wildman–Crippen LogP) is 4.33. The molecule has 2 aliphatic rings. The fourth-order valence-electron chi connectivity index (χ4n) is 4.92. The van der Waals surface area contributed by atoms with Crippen LogP contribution in [0.1, 0.15) is 30.9 Å². The number of halogens is 3. The first-order valence-electron chi connectivity index (χ1n) is 10.7. The minimum Gasteiger partial charge on any atom is -0.490 e. The van der Waals surface area contributed by atoms with E-state index in [2.05, 4.69) is 9.64 Å². The van der Waals surface area contributed by atoms with E-state index in [4.69, 9.17) is 9.47 Å². The molecule has 5 nitrogen and oxygen atoms in total. The van der Waals surface area contributed by atoms with Crippen molar-refractivity contribution in [2.24, 2.45) is 5.41 Å². The largest absolute Gasteiger partial charge is 0.573 e. The molecule has 0 bridgehead atoms. The zero-order chi connectivity index (χ0) is 23.0. The number of hydrogen-bond donors (Lipinski definition) is 1. The van der Waals surface area contributed by atoms with Gasteiger partial charge in [-0.3, -0.25) is 0 Å². The lowest BCUT2D eigenvalue weighted by Crippen LogP contribution is -2.63. The molecule has 0 spiro atoms. The Morgan fingerprint density at radius 2 is 1.66 bits per heavy atom. The van der Waals surface area contributed by atoms with Gasteiger partial charge in [0.25, 0.3) is 0 Å². The average molecular weight is 451 g/mol. The molecule has 0 radical (unpaired) electrons. The summed E-state index contributed by atoms with van der Waals surface area (Å²) in [7, 11) is 1.97. The van der Waals surface area contributed by atoms with Gasteiger partial charge in [-0.2, -0.15) is 0 Å². The van der Waals surface area contributed by atoms with Crippen LogP contribution in [0.25, 0.3) is 0 Å². The third kappa shape index (κ3) is 4.58. The van der Waals surface area contributed by atoms with E-state index in [9.17, 15) is 18.3 Å². The van der Waals surface area contributed by atoms with Crippen molar-refractivity contribution >= 4 is 0 Å². The van der Waals surface area contributed by atoms with Crippen molar-refractivity contribution in [2.45, 2.75) is 37.8 Å². The minimum absolute atomic E-state index is 0.0521. The lowest BCUT2D eigenvalue weighted by molar-refractivity contribution is -0.274. The van der Waals surface area contributed by atoms with E-state index in [1.54, 1.807) is 0 Å². The summed E-state index contributed by atoms with van der Waals surface area (Å²) in [6.07, 6.45) is -3.11. The van der Waals surface area contributed by atoms with Gasteiger partial charge in [-0.1, -0.05) is 31.2 Å². The number of alkyl halides is 3. The third-order valence-corrected chi connectivity index (χ3v) is 6.34. The van der Waals surface area contributed by atoms with Crippen LogP contribution in [-0.4, -0.2) is 55.8 Å². The highest BCUT2D eigenvalue weighted by molar-refractivity contribution is 5.45. The summed E-state index contributed by atoms with van der Waals surface area (Å²) in [5, 5.41) is 12.1. The molecular formula is C24H28F3NO4. The van der Waals surface area contributed by atoms with Crippen LogP contribution < -0.4 is 9.47 Å². The molecule has 1 N–H and O–H groups in total. The Bertz CT molecular complexity index is 922. The fraction of sp³-hybridized carbons (Fsp3) is 0.500. The molecule has 2 saturated heterocycles. The van der Waals surface area contributed by atoms with E-state index in [0.29, 0.717) is 43.2 Å². The summed E-state index contributed by atoms with van der Waals surface area (Å²) >= 11 is 0. The third-order valence-electron chi connectivity index (χ3n) is 6.34. The molecule has 8 heteroatoms. The lowest BCUT2D eigenvalue weighted by atomic mass is 9.62. The summed E-state index contributed by atoms with van der Waals surface area (Å²) in [6.45, 7) is 4.57. The van der Waals surface area contributed by atoms with Crippen molar-refractivity contribution in [1.29, 1.82) is 0 Å². The first-order chi connectivity index (χ1) is 15.1. The molecule has 2 aliphatic heterocycles. The molecule has 0 saturated carbocycles. The number of ether oxygens (including phenoxy) is 3. The van der Waals surface area contributed by atoms with E-state index in [1.807, 2.05) is 38.2 Å². The summed E-state index contributed by atoms with van der Waals surface area (Å²) < 4.78 is 53.3. The molecule has 0 aromatic heterocycles. The Morgan fingerprint density at radius 1 is 1.00 bits per heavy atom. The Labute approximate surface area is 185 Å². The quantitative estimate of drug-likeness (QED) is 0.709. The van der Waals surface area contributed by atoms with Gasteiger partial charge in [-0.05, 0) is 42.4 Å². The molecule has 2 aromatic carbocycles. The van der Waals surface area contributed by atoms with Crippen LogP contribution >= 0.6 is 0 Å². The van der Waals surface area contributed by atoms with E-state index in [0.717, 1.165) is 12.8 Å². The molecule has 174 valence electrons. The number of aliphatic hydroxyl groups is 1. The molecule has 4 rings (SSSR count). The van der Waals surface area contributed by atoms with Gasteiger partial charge < -0.3 is 24.2 Å². The number of nitrogens with zero attached hydrogens (tertiary/aromatic N) is 1. The number of benzene rings is 2. The lowest BCUT2D eigenvalue weighted by Gasteiger charge is -2.56. The first-order valence-corrected chi connectivity index (χ1v) is 10.7. The molecule has 1 unspecified atom stereocenters. The van der Waals surface area contributed by atoms with Crippen LogP contribution in [0.2, 0.25) is 0 Å². The highest BCUT2D eigenvalue weighted by Crippen LogP contribution is 2.50. The van der Waals surface area contributed by atoms with Crippen molar-refractivity contribution < 1.29 is 32.5 Å². The van der Waals surface area contributed by atoms with Crippen LogP contribution in [0.4, 0.5) is 13.2 Å². The van der Waals surface area contributed by atoms with Gasteiger partial charge in [0.2, 0.25) is 0 Å². The standard InChI is InChI=1S/C24H28F3NO4/c1-22(15-28(2)16-22)23(29,17-6-8-20(9-7-17)32-24(25,26)27)18-4-3-5-21(14-18)31-19-10-12-30-13-11-19/h3-9,14,19,29H,10-13,15-16H2,1-2H3. The molecule has 2 heterocycles. The monoisotopic (exact) mass is 451 g/mol. The Morgan fingerprint density at radius 3 is 2.25 bits per heavy atom. The zero-order valence-corrected chi connectivity index (χ0v) is 18.2. The molecule has 32 heavy (non-hydrogen) atoms. The topological polar surface area (TPSA) is 51.2 Å². The van der Waals surface area contributed by atoms with Gasteiger partial charge in [-0.15, -0.1) is 13.2 Å². The summed E-state index contributed by atoms with van der Waals surface area (Å²) in [5.41, 5.74) is -0.815. The highest BCUT2D eigenvalue weighted by atomic mass is 19.4. The Kier molecular flexibility index (Phi) is 6.13. The van der Waals surface area contributed by atoms with Gasteiger partial charge in [0.1, 0.15) is 23.2 Å². The number of hydrogen-bond acceptors (Lipinski definition) is 5. The Hall–Kier alpha value is -2.29. The fourth-order valence-corrected chi connectivity index (χ4v) is 4.92. The van der Waals surface area contributed by atoms with Crippen LogP contribution in [0.3, 0.4) is 0 Å². The van der Waals surface area contributed by atoms with Crippen LogP contribution in [0, 0.1) is 5.41 Å². The molecule has 0 amide bonds. The van der Waals surface area contributed by atoms with Crippen LogP contribution in [0.15, 0.2) is 48.5 Å². The average Bonchev–Trinajstić information content (AvgIpc) is 2.72. The van der Waals surface area contributed by atoms with Crippen molar-refractivity contribution in [3.8, 4) is 11.5 Å². The zero-order valence-electron chi connectivity index (χ0n) is 18.2. The summed E-state index contributed by atoms with van der Waals surface area (Å²) in [4.78, 5) is 2.09. The van der Waals surface area contributed by atoms with Crippen LogP contribution in [0.5, 0.6) is 11.5 Å². The Balaban J connectivity index is 1.67. The maximum Gasteiger partial charge on any atom is 0.573 e. The second-order valence-corrected chi connectivity index (χ2v) is 8.97. The maximum atomic E-state index is 12.6. The second kappa shape index (κ2) is 8.57. The first kappa shape index (κ1) is 22.9. The van der Waals surface area contributed by atoms with Crippen molar-refractivity contribution in [2.75, 3.05) is 33.4 Å². The van der Waals surface area contributed by atoms with Crippen molar-refractivity contribution in [3.05, 3.63) is 59.7 Å². The second-order valence-electron chi connectivity index (χ2n) is 8.97. The van der Waals surface area contributed by atoms with E-state index < -0.39 is 17.4 Å². The molecule has 1 atom stereocenters. The number of likely N-dealkylation sites (tertiary alicyclic amines) is 1. The van der Waals surface area contributed by atoms with Gasteiger partial charge >= 0.3 is 6.36 Å². The number of rotatable bonds is 6. The van der Waals surface area contributed by atoms with E-state index >= 15 is 0 Å². The predicted molar refractivity (Wildman–Crippen MR) is 113 cm³/mol. The van der Waals surface area contributed by atoms with E-state index in [-0.39, 0.29) is 11.9 Å². The minimum atomic E-state index is -4.77. The normalized spacial score (nSPS) is 21.4. The van der Waals surface area contributed by atoms with E-state index in [1.165, 1.54) is 24.3 Å². The smallest absolute Gasteiger partial charge is 0.490 e. The molecule has 2 aromatic rings. The van der Waals surface area contributed by atoms with Gasteiger partial charge in [0.05, 0.1) is 13.2 Å². The molecule has 0 aliphatic carbocycles. The highest BCUT2D eigenvalue weighted by Gasteiger charge is 2.55. The maximum absolute atomic E-state index is 12.6.